The summed E-state index contributed by atoms with van der Waals surface area (Å²) in [6, 6.07) is 0. The summed E-state index contributed by atoms with van der Waals surface area (Å²) in [5.41, 5.74) is 1.34. The van der Waals surface area contributed by atoms with Gasteiger partial charge in [-0.2, -0.15) is 0 Å². The summed E-state index contributed by atoms with van der Waals surface area (Å²) in [5.74, 6) is 0.787. The average molecular weight is 250 g/mol. The first-order chi connectivity index (χ1) is 8.74. The smallest absolute Gasteiger partial charge is 0.331 e. The van der Waals surface area contributed by atoms with E-state index in [-0.39, 0.29) is 18.2 Å². The van der Waals surface area contributed by atoms with E-state index < -0.39 is 0 Å². The van der Waals surface area contributed by atoms with E-state index >= 15 is 0 Å². The molecule has 3 atom stereocenters. The van der Waals surface area contributed by atoms with Crippen LogP contribution in [-0.4, -0.2) is 23.3 Å². The highest BCUT2D eigenvalue weighted by atomic mass is 16.5. The quantitative estimate of drug-likeness (QED) is 0.728. The van der Waals surface area contributed by atoms with E-state index in [0.717, 1.165) is 12.8 Å². The molecule has 3 heteroatoms. The molecule has 0 aromatic rings. The second-order valence-electron chi connectivity index (χ2n) is 6.03. The van der Waals surface area contributed by atoms with E-state index in [2.05, 4.69) is 0 Å². The van der Waals surface area contributed by atoms with Crippen molar-refractivity contribution in [1.82, 2.24) is 0 Å². The summed E-state index contributed by atoms with van der Waals surface area (Å²) in [6.45, 7) is 0. The molecule has 3 aliphatic rings. The topological polar surface area (TPSA) is 46.5 Å². The molecule has 18 heavy (non-hydrogen) atoms. The fourth-order valence-corrected chi connectivity index (χ4v) is 3.90. The van der Waals surface area contributed by atoms with Crippen molar-refractivity contribution < 1.29 is 14.6 Å². The van der Waals surface area contributed by atoms with Gasteiger partial charge in [0.05, 0.1) is 6.10 Å². The lowest BCUT2D eigenvalue weighted by atomic mass is 9.71. The minimum Gasteiger partial charge on any atom is -0.458 e. The van der Waals surface area contributed by atoms with Crippen LogP contribution in [-0.2, 0) is 9.53 Å². The average Bonchev–Trinajstić information content (AvgIpc) is 2.38. The predicted octanol–water partition coefficient (Wildman–Crippen LogP) is 2.58. The maximum Gasteiger partial charge on any atom is 0.331 e. The Kier molecular flexibility index (Phi) is 3.42. The van der Waals surface area contributed by atoms with Crippen molar-refractivity contribution >= 4 is 5.97 Å². The van der Waals surface area contributed by atoms with E-state index in [4.69, 9.17) is 4.74 Å². The van der Waals surface area contributed by atoms with Gasteiger partial charge >= 0.3 is 5.97 Å². The summed E-state index contributed by atoms with van der Waals surface area (Å²) in [4.78, 5) is 11.7. The molecule has 0 amide bonds. The molecular formula is C15H22O3. The Balaban J connectivity index is 1.80. The Hall–Kier alpha value is -0.830. The number of aliphatic hydroxyl groups excluding tert-OH is 1. The van der Waals surface area contributed by atoms with Crippen LogP contribution in [0.5, 0.6) is 0 Å². The van der Waals surface area contributed by atoms with E-state index in [9.17, 15) is 9.90 Å². The number of ether oxygens (including phenoxy) is 1. The van der Waals surface area contributed by atoms with Crippen molar-refractivity contribution in [2.75, 3.05) is 0 Å². The largest absolute Gasteiger partial charge is 0.458 e. The van der Waals surface area contributed by atoms with E-state index in [1.807, 2.05) is 0 Å². The third kappa shape index (κ3) is 2.33. The van der Waals surface area contributed by atoms with Crippen LogP contribution in [0.3, 0.4) is 0 Å². The molecule has 0 spiro atoms. The first-order valence-electron chi connectivity index (χ1n) is 7.34. The fourth-order valence-electron chi connectivity index (χ4n) is 3.90. The first kappa shape index (κ1) is 12.2. The fraction of sp³-hybridized carbons (Fsp3) is 0.800. The monoisotopic (exact) mass is 250 g/mol. The highest BCUT2D eigenvalue weighted by Gasteiger charge is 2.40. The molecule has 3 rings (SSSR count). The van der Waals surface area contributed by atoms with Gasteiger partial charge in [0, 0.05) is 18.4 Å². The standard InChI is InChI=1S/C15H22O3/c16-11-6-7-12-13(10-4-2-1-3-5-10)9-15(17)18-14(12)8-11/h9-12,14,16H,1-8H2. The molecule has 2 aliphatic carbocycles. The Morgan fingerprint density at radius 1 is 1.11 bits per heavy atom. The minimum atomic E-state index is -0.287. The molecule has 3 unspecified atom stereocenters. The highest BCUT2D eigenvalue weighted by Crippen LogP contribution is 2.42. The van der Waals surface area contributed by atoms with Crippen LogP contribution >= 0.6 is 0 Å². The van der Waals surface area contributed by atoms with Crippen molar-refractivity contribution in [2.24, 2.45) is 11.8 Å². The molecule has 2 saturated carbocycles. The summed E-state index contributed by atoms with van der Waals surface area (Å²) >= 11 is 0. The number of carbonyl (C=O) groups is 1. The number of hydrogen-bond donors (Lipinski definition) is 1. The van der Waals surface area contributed by atoms with Gasteiger partial charge in [-0.15, -0.1) is 0 Å². The molecular weight excluding hydrogens is 228 g/mol. The van der Waals surface area contributed by atoms with Crippen LogP contribution in [0.2, 0.25) is 0 Å². The third-order valence-electron chi connectivity index (χ3n) is 4.82. The molecule has 0 bridgehead atoms. The molecule has 0 aromatic carbocycles. The zero-order valence-corrected chi connectivity index (χ0v) is 10.8. The van der Waals surface area contributed by atoms with Crippen molar-refractivity contribution in [3.63, 3.8) is 0 Å². The molecule has 3 nitrogen and oxygen atoms in total. The van der Waals surface area contributed by atoms with E-state index in [1.165, 1.54) is 37.7 Å². The number of hydrogen-bond acceptors (Lipinski definition) is 3. The maximum atomic E-state index is 11.7. The van der Waals surface area contributed by atoms with Crippen molar-refractivity contribution in [1.29, 1.82) is 0 Å². The van der Waals surface area contributed by atoms with E-state index in [1.54, 1.807) is 6.08 Å². The van der Waals surface area contributed by atoms with Gasteiger partial charge in [0.15, 0.2) is 0 Å². The van der Waals surface area contributed by atoms with Crippen molar-refractivity contribution in [3.8, 4) is 0 Å². The highest BCUT2D eigenvalue weighted by molar-refractivity contribution is 5.84. The van der Waals surface area contributed by atoms with Gasteiger partial charge in [0.1, 0.15) is 6.10 Å². The molecule has 0 aromatic heterocycles. The van der Waals surface area contributed by atoms with Crippen LogP contribution < -0.4 is 0 Å². The lowest BCUT2D eigenvalue weighted by molar-refractivity contribution is -0.151. The number of esters is 1. The Bertz CT molecular complexity index is 355. The summed E-state index contributed by atoms with van der Waals surface area (Å²) in [7, 11) is 0. The van der Waals surface area contributed by atoms with Gasteiger partial charge < -0.3 is 9.84 Å². The predicted molar refractivity (Wildman–Crippen MR) is 67.9 cm³/mol. The number of rotatable bonds is 1. The number of fused-ring (bicyclic) bond motifs is 1. The number of aliphatic hydroxyl groups is 1. The minimum absolute atomic E-state index is 0.0665. The normalized spacial score (nSPS) is 37.7. The first-order valence-corrected chi connectivity index (χ1v) is 7.34. The van der Waals surface area contributed by atoms with Gasteiger partial charge in [0.2, 0.25) is 0 Å². The molecule has 1 N–H and O–H groups in total. The third-order valence-corrected chi connectivity index (χ3v) is 4.82. The van der Waals surface area contributed by atoms with Crippen molar-refractivity contribution in [3.05, 3.63) is 11.6 Å². The lowest BCUT2D eigenvalue weighted by Gasteiger charge is -2.40. The van der Waals surface area contributed by atoms with Gasteiger partial charge in [0.25, 0.3) is 0 Å². The molecule has 2 fully saturated rings. The van der Waals surface area contributed by atoms with Crippen LogP contribution in [0, 0.1) is 11.8 Å². The van der Waals surface area contributed by atoms with Crippen LogP contribution in [0.15, 0.2) is 11.6 Å². The van der Waals surface area contributed by atoms with Gasteiger partial charge in [-0.1, -0.05) is 24.8 Å². The lowest BCUT2D eigenvalue weighted by Crippen LogP contribution is -2.41. The summed E-state index contributed by atoms with van der Waals surface area (Å²) in [5, 5.41) is 9.72. The molecule has 100 valence electrons. The Labute approximate surface area is 108 Å². The summed E-state index contributed by atoms with van der Waals surface area (Å²) < 4.78 is 5.41. The van der Waals surface area contributed by atoms with Crippen molar-refractivity contribution in [2.45, 2.75) is 63.6 Å². The zero-order valence-electron chi connectivity index (χ0n) is 10.8. The summed E-state index contributed by atoms with van der Waals surface area (Å²) in [6.07, 6.45) is 10.2. The number of carbonyl (C=O) groups excluding carboxylic acids is 1. The molecule has 1 heterocycles. The molecule has 0 saturated heterocycles. The molecule has 0 radical (unpaired) electrons. The van der Waals surface area contributed by atoms with Gasteiger partial charge in [-0.25, -0.2) is 4.79 Å². The van der Waals surface area contributed by atoms with Crippen LogP contribution in [0.1, 0.15) is 51.4 Å². The zero-order chi connectivity index (χ0) is 12.5. The van der Waals surface area contributed by atoms with Gasteiger partial charge in [-0.05, 0) is 31.6 Å². The Morgan fingerprint density at radius 3 is 2.67 bits per heavy atom. The second-order valence-corrected chi connectivity index (χ2v) is 6.03. The van der Waals surface area contributed by atoms with Crippen LogP contribution in [0.25, 0.3) is 0 Å². The van der Waals surface area contributed by atoms with Gasteiger partial charge in [-0.3, -0.25) is 0 Å². The SMILES string of the molecule is O=C1C=C(C2CCCCC2)C2CCC(O)CC2O1. The molecule has 1 aliphatic heterocycles. The van der Waals surface area contributed by atoms with Crippen LogP contribution in [0.4, 0.5) is 0 Å². The Morgan fingerprint density at radius 2 is 1.89 bits per heavy atom. The maximum absolute atomic E-state index is 11.7. The van der Waals surface area contributed by atoms with E-state index in [0.29, 0.717) is 18.3 Å². The second kappa shape index (κ2) is 5.04.